The van der Waals surface area contributed by atoms with Crippen LogP contribution in [0.2, 0.25) is 18.1 Å². The van der Waals surface area contributed by atoms with E-state index >= 15 is 0 Å². The minimum atomic E-state index is -1.74. The Morgan fingerprint density at radius 1 is 1.39 bits per heavy atom. The third kappa shape index (κ3) is 3.75. The maximum atomic E-state index is 11.3. The lowest BCUT2D eigenvalue weighted by Crippen LogP contribution is -2.40. The van der Waals surface area contributed by atoms with E-state index < -0.39 is 8.32 Å². The highest BCUT2D eigenvalue weighted by atomic mass is 28.4. The topological polar surface area (TPSA) is 39.2 Å². The fourth-order valence-electron chi connectivity index (χ4n) is 1.24. The molecule has 100 valence electrons. The van der Waals surface area contributed by atoms with E-state index in [0.29, 0.717) is 12.3 Å². The average Bonchev–Trinajstić information content (AvgIpc) is 2.25. The molecule has 3 nitrogen and oxygen atoms in total. The molecular weight excluding hydrogens is 242 g/mol. The monoisotopic (exact) mass is 265 g/mol. The smallest absolute Gasteiger partial charge is 0.192 e. The predicted octanol–water partition coefficient (Wildman–Crippen LogP) is 3.81. The van der Waals surface area contributed by atoms with Crippen LogP contribution in [0.3, 0.4) is 0 Å². The fraction of sp³-hybridized carbons (Fsp3) is 0.571. The van der Waals surface area contributed by atoms with E-state index in [2.05, 4.69) is 38.8 Å². The van der Waals surface area contributed by atoms with Crippen LogP contribution in [-0.2, 0) is 11.0 Å². The zero-order valence-electron chi connectivity index (χ0n) is 12.2. The molecule has 0 aliphatic rings. The Labute approximate surface area is 111 Å². The van der Waals surface area contributed by atoms with Crippen molar-refractivity contribution in [3.63, 3.8) is 0 Å². The van der Waals surface area contributed by atoms with E-state index in [1.807, 2.05) is 12.1 Å². The van der Waals surface area contributed by atoms with E-state index in [0.717, 1.165) is 5.56 Å². The van der Waals surface area contributed by atoms with Gasteiger partial charge in [-0.2, -0.15) is 0 Å². The second kappa shape index (κ2) is 5.32. The van der Waals surface area contributed by atoms with E-state index in [1.54, 1.807) is 6.20 Å². The van der Waals surface area contributed by atoms with Crippen LogP contribution in [0.1, 0.15) is 43.7 Å². The van der Waals surface area contributed by atoms with Crippen LogP contribution >= 0.6 is 0 Å². The molecular formula is C14H23NO2Si. The van der Waals surface area contributed by atoms with Gasteiger partial charge < -0.3 is 4.43 Å². The summed E-state index contributed by atoms with van der Waals surface area (Å²) in [6.07, 6.45) is 1.67. The standard InChI is InChI=1S/C14H23NO2Si/c1-11(16)13-9-12(7-8-15-13)10-17-18(5,6)14(2,3)4/h7-9H,10H2,1-6H3. The molecule has 0 unspecified atom stereocenters. The van der Waals surface area contributed by atoms with Crippen molar-refractivity contribution in [2.45, 2.75) is 52.4 Å². The van der Waals surface area contributed by atoms with Crippen LogP contribution in [0, 0.1) is 0 Å². The number of rotatable bonds is 4. The van der Waals surface area contributed by atoms with Gasteiger partial charge in [0.15, 0.2) is 14.1 Å². The number of nitrogens with zero attached hydrogens (tertiary/aromatic N) is 1. The minimum absolute atomic E-state index is 0.0100. The molecule has 0 fully saturated rings. The summed E-state index contributed by atoms with van der Waals surface area (Å²) in [5.74, 6) is -0.0100. The van der Waals surface area contributed by atoms with Crippen molar-refractivity contribution in [2.24, 2.45) is 0 Å². The molecule has 0 bridgehead atoms. The maximum Gasteiger partial charge on any atom is 0.192 e. The molecule has 0 radical (unpaired) electrons. The van der Waals surface area contributed by atoms with E-state index in [9.17, 15) is 4.79 Å². The molecule has 0 aliphatic heterocycles. The van der Waals surface area contributed by atoms with Gasteiger partial charge >= 0.3 is 0 Å². The first-order valence-corrected chi connectivity index (χ1v) is 9.14. The molecule has 0 atom stereocenters. The van der Waals surface area contributed by atoms with Crippen molar-refractivity contribution < 1.29 is 9.22 Å². The molecule has 0 saturated carbocycles. The van der Waals surface area contributed by atoms with Crippen LogP contribution in [0.4, 0.5) is 0 Å². The summed E-state index contributed by atoms with van der Waals surface area (Å²) in [7, 11) is -1.74. The SMILES string of the molecule is CC(=O)c1cc(CO[Si](C)(C)C(C)(C)C)ccn1. The van der Waals surface area contributed by atoms with Crippen LogP contribution < -0.4 is 0 Å². The number of Topliss-reactive ketones (excluding diaryl/α,β-unsaturated/α-hetero) is 1. The van der Waals surface area contributed by atoms with Gasteiger partial charge in [0.1, 0.15) is 5.69 Å². The summed E-state index contributed by atoms with van der Waals surface area (Å²) in [5, 5.41) is 0.198. The number of carbonyl (C=O) groups excluding carboxylic acids is 1. The highest BCUT2D eigenvalue weighted by Crippen LogP contribution is 2.37. The van der Waals surface area contributed by atoms with Crippen molar-refractivity contribution in [1.29, 1.82) is 0 Å². The zero-order valence-corrected chi connectivity index (χ0v) is 13.2. The van der Waals surface area contributed by atoms with Crippen LogP contribution in [0.5, 0.6) is 0 Å². The first-order valence-electron chi connectivity index (χ1n) is 6.23. The fourth-order valence-corrected chi connectivity index (χ4v) is 2.20. The summed E-state index contributed by atoms with van der Waals surface area (Å²) < 4.78 is 6.11. The lowest BCUT2D eigenvalue weighted by atomic mass is 10.2. The summed E-state index contributed by atoms with van der Waals surface area (Å²) in [4.78, 5) is 15.3. The second-order valence-corrected chi connectivity index (χ2v) is 11.0. The number of ketones is 1. The highest BCUT2D eigenvalue weighted by molar-refractivity contribution is 6.74. The van der Waals surface area contributed by atoms with Crippen LogP contribution in [0.25, 0.3) is 0 Å². The molecule has 1 aromatic rings. The van der Waals surface area contributed by atoms with Crippen LogP contribution in [0.15, 0.2) is 18.3 Å². The molecule has 0 aromatic carbocycles. The van der Waals surface area contributed by atoms with Crippen molar-refractivity contribution in [2.75, 3.05) is 0 Å². The average molecular weight is 265 g/mol. The Morgan fingerprint density at radius 3 is 2.50 bits per heavy atom. The minimum Gasteiger partial charge on any atom is -0.413 e. The lowest BCUT2D eigenvalue weighted by molar-refractivity contribution is 0.101. The number of hydrogen-bond acceptors (Lipinski definition) is 3. The van der Waals surface area contributed by atoms with Gasteiger partial charge in [-0.3, -0.25) is 9.78 Å². The Bertz CT molecular complexity index is 436. The van der Waals surface area contributed by atoms with Crippen molar-refractivity contribution in [3.05, 3.63) is 29.6 Å². The number of pyridine rings is 1. The maximum absolute atomic E-state index is 11.3. The summed E-state index contributed by atoms with van der Waals surface area (Å²) in [6.45, 7) is 13.2. The van der Waals surface area contributed by atoms with Gasteiger partial charge in [-0.25, -0.2) is 0 Å². The third-order valence-electron chi connectivity index (χ3n) is 3.59. The first kappa shape index (κ1) is 15.1. The molecule has 1 heterocycles. The normalized spacial score (nSPS) is 12.6. The second-order valence-electron chi connectivity index (χ2n) is 6.15. The molecule has 1 rings (SSSR count). The van der Waals surface area contributed by atoms with Gasteiger partial charge in [0.05, 0.1) is 6.61 Å². The molecule has 0 amide bonds. The van der Waals surface area contributed by atoms with E-state index in [-0.39, 0.29) is 10.8 Å². The number of carbonyl (C=O) groups is 1. The van der Waals surface area contributed by atoms with E-state index in [1.165, 1.54) is 6.92 Å². The molecule has 18 heavy (non-hydrogen) atoms. The molecule has 0 saturated heterocycles. The number of hydrogen-bond donors (Lipinski definition) is 0. The van der Waals surface area contributed by atoms with Crippen molar-refractivity contribution in [3.8, 4) is 0 Å². The number of aromatic nitrogens is 1. The Hall–Kier alpha value is -1.00. The predicted molar refractivity (Wildman–Crippen MR) is 76.2 cm³/mol. The molecule has 4 heteroatoms. The summed E-state index contributed by atoms with van der Waals surface area (Å²) in [6, 6.07) is 3.72. The first-order chi connectivity index (χ1) is 8.13. The van der Waals surface area contributed by atoms with Gasteiger partial charge in [0, 0.05) is 13.1 Å². The van der Waals surface area contributed by atoms with Crippen molar-refractivity contribution >= 4 is 14.1 Å². The van der Waals surface area contributed by atoms with Crippen molar-refractivity contribution in [1.82, 2.24) is 4.98 Å². The Morgan fingerprint density at radius 2 is 2.00 bits per heavy atom. The quantitative estimate of drug-likeness (QED) is 0.614. The Balaban J connectivity index is 2.75. The van der Waals surface area contributed by atoms with E-state index in [4.69, 9.17) is 4.43 Å². The lowest BCUT2D eigenvalue weighted by Gasteiger charge is -2.36. The van der Waals surface area contributed by atoms with Crippen LogP contribution in [-0.4, -0.2) is 19.1 Å². The third-order valence-corrected chi connectivity index (χ3v) is 8.07. The largest absolute Gasteiger partial charge is 0.413 e. The van der Waals surface area contributed by atoms with Gasteiger partial charge in [-0.05, 0) is 35.8 Å². The molecule has 0 N–H and O–H groups in total. The molecule has 0 spiro atoms. The summed E-state index contributed by atoms with van der Waals surface area (Å²) in [5.41, 5.74) is 1.52. The van der Waals surface area contributed by atoms with Gasteiger partial charge in [-0.15, -0.1) is 0 Å². The van der Waals surface area contributed by atoms with Gasteiger partial charge in [-0.1, -0.05) is 20.8 Å². The van der Waals surface area contributed by atoms with Gasteiger partial charge in [0.25, 0.3) is 0 Å². The molecule has 0 aliphatic carbocycles. The summed E-state index contributed by atoms with van der Waals surface area (Å²) >= 11 is 0. The molecule has 1 aromatic heterocycles. The Kier molecular flexibility index (Phi) is 4.45. The zero-order chi connectivity index (χ0) is 14.0. The highest BCUT2D eigenvalue weighted by Gasteiger charge is 2.36. The van der Waals surface area contributed by atoms with Gasteiger partial charge in [0.2, 0.25) is 0 Å².